The molecule has 0 bridgehead atoms. The lowest BCUT2D eigenvalue weighted by Crippen LogP contribution is -2.13. The number of rotatable bonds is 4. The molecule has 0 aliphatic rings. The minimum absolute atomic E-state index is 0.0705. The summed E-state index contributed by atoms with van der Waals surface area (Å²) in [7, 11) is 0. The highest BCUT2D eigenvalue weighted by Crippen LogP contribution is 2.31. The molecule has 0 fully saturated rings. The summed E-state index contributed by atoms with van der Waals surface area (Å²) in [6.07, 6.45) is 0. The van der Waals surface area contributed by atoms with E-state index in [0.717, 1.165) is 16.5 Å². The van der Waals surface area contributed by atoms with Gasteiger partial charge in [-0.15, -0.1) is 11.3 Å². The van der Waals surface area contributed by atoms with Crippen molar-refractivity contribution < 1.29 is 4.74 Å². The van der Waals surface area contributed by atoms with Crippen LogP contribution in [0, 0.1) is 0 Å². The summed E-state index contributed by atoms with van der Waals surface area (Å²) in [4.78, 5) is 4.40. The summed E-state index contributed by atoms with van der Waals surface area (Å²) in [5.41, 5.74) is 7.78. The first-order valence-electron chi connectivity index (χ1n) is 6.36. The Kier molecular flexibility index (Phi) is 4.22. The predicted octanol–water partition coefficient (Wildman–Crippen LogP) is 3.48. The number of benzene rings is 1. The lowest BCUT2D eigenvalue weighted by Gasteiger charge is -2.22. The maximum absolute atomic E-state index is 5.91. The van der Waals surface area contributed by atoms with Gasteiger partial charge in [-0.2, -0.15) is 0 Å². The molecular weight excluding hydrogens is 256 g/mol. The van der Waals surface area contributed by atoms with Gasteiger partial charge in [0.1, 0.15) is 17.4 Å². The molecule has 4 heteroatoms. The SMILES string of the molecule is CC(C)(C)c1ccccc1OCc1csc(CN)n1. The Morgan fingerprint density at radius 1 is 1.26 bits per heavy atom. The summed E-state index contributed by atoms with van der Waals surface area (Å²) >= 11 is 1.58. The standard InChI is InChI=1S/C15H20N2OS/c1-15(2,3)12-6-4-5-7-13(12)18-9-11-10-19-14(8-16)17-11/h4-7,10H,8-9,16H2,1-3H3. The zero-order valence-electron chi connectivity index (χ0n) is 11.6. The van der Waals surface area contributed by atoms with Crippen molar-refractivity contribution in [2.45, 2.75) is 39.3 Å². The summed E-state index contributed by atoms with van der Waals surface area (Å²) < 4.78 is 5.91. The molecule has 102 valence electrons. The Morgan fingerprint density at radius 3 is 2.63 bits per heavy atom. The van der Waals surface area contributed by atoms with Gasteiger partial charge in [0.05, 0.1) is 5.69 Å². The highest BCUT2D eigenvalue weighted by molar-refractivity contribution is 7.09. The minimum Gasteiger partial charge on any atom is -0.487 e. The van der Waals surface area contributed by atoms with Crippen molar-refractivity contribution in [1.82, 2.24) is 4.98 Å². The number of nitrogens with two attached hydrogens (primary N) is 1. The van der Waals surface area contributed by atoms with Crippen LogP contribution in [0.3, 0.4) is 0 Å². The van der Waals surface area contributed by atoms with E-state index in [2.05, 4.69) is 31.8 Å². The van der Waals surface area contributed by atoms with Crippen molar-refractivity contribution >= 4 is 11.3 Å². The predicted molar refractivity (Wildman–Crippen MR) is 79.5 cm³/mol. The fraction of sp³-hybridized carbons (Fsp3) is 0.400. The zero-order chi connectivity index (χ0) is 13.9. The third kappa shape index (κ3) is 3.55. The number of hydrogen-bond donors (Lipinski definition) is 1. The van der Waals surface area contributed by atoms with E-state index in [4.69, 9.17) is 10.5 Å². The van der Waals surface area contributed by atoms with Crippen LogP contribution in [0.4, 0.5) is 0 Å². The molecule has 3 nitrogen and oxygen atoms in total. The van der Waals surface area contributed by atoms with Crippen LogP contribution in [0.2, 0.25) is 0 Å². The Bertz CT molecular complexity index is 543. The Balaban J connectivity index is 2.11. The van der Waals surface area contributed by atoms with Gasteiger partial charge in [-0.25, -0.2) is 4.98 Å². The van der Waals surface area contributed by atoms with Gasteiger partial charge in [-0.3, -0.25) is 0 Å². The molecule has 2 aromatic rings. The number of hydrogen-bond acceptors (Lipinski definition) is 4. The molecule has 0 atom stereocenters. The van der Waals surface area contributed by atoms with Gasteiger partial charge in [-0.1, -0.05) is 39.0 Å². The second kappa shape index (κ2) is 5.72. The highest BCUT2D eigenvalue weighted by Gasteiger charge is 2.18. The third-order valence-corrected chi connectivity index (χ3v) is 3.76. The van der Waals surface area contributed by atoms with Gasteiger partial charge >= 0.3 is 0 Å². The van der Waals surface area contributed by atoms with Gasteiger partial charge in [0.25, 0.3) is 0 Å². The average Bonchev–Trinajstić information content (AvgIpc) is 2.83. The van der Waals surface area contributed by atoms with Crippen LogP contribution in [-0.2, 0) is 18.6 Å². The number of aromatic nitrogens is 1. The van der Waals surface area contributed by atoms with E-state index >= 15 is 0 Å². The fourth-order valence-corrected chi connectivity index (χ4v) is 2.53. The molecule has 1 aromatic carbocycles. The molecule has 2 N–H and O–H groups in total. The maximum atomic E-state index is 5.91. The topological polar surface area (TPSA) is 48.1 Å². The van der Waals surface area contributed by atoms with Crippen molar-refractivity contribution in [2.24, 2.45) is 5.73 Å². The van der Waals surface area contributed by atoms with Crippen molar-refractivity contribution in [1.29, 1.82) is 0 Å². The van der Waals surface area contributed by atoms with E-state index in [9.17, 15) is 0 Å². The normalized spacial score (nSPS) is 11.6. The Labute approximate surface area is 118 Å². The minimum atomic E-state index is 0.0705. The quantitative estimate of drug-likeness (QED) is 0.930. The van der Waals surface area contributed by atoms with Crippen LogP contribution in [0.1, 0.15) is 37.0 Å². The van der Waals surface area contributed by atoms with Gasteiger partial charge in [0, 0.05) is 11.9 Å². The van der Waals surface area contributed by atoms with Crippen molar-refractivity contribution in [3.8, 4) is 5.75 Å². The summed E-state index contributed by atoms with van der Waals surface area (Å²) in [6, 6.07) is 8.16. The zero-order valence-corrected chi connectivity index (χ0v) is 12.5. The molecule has 0 unspecified atom stereocenters. The molecule has 0 spiro atoms. The first-order valence-corrected chi connectivity index (χ1v) is 7.24. The summed E-state index contributed by atoms with van der Waals surface area (Å²) in [6.45, 7) is 7.53. The number of thiazole rings is 1. The van der Waals surface area contributed by atoms with Crippen LogP contribution in [-0.4, -0.2) is 4.98 Å². The average molecular weight is 276 g/mol. The van der Waals surface area contributed by atoms with E-state index in [1.54, 1.807) is 11.3 Å². The van der Waals surface area contributed by atoms with Crippen molar-refractivity contribution in [3.05, 3.63) is 45.9 Å². The number of ether oxygens (including phenoxy) is 1. The molecule has 1 aromatic heterocycles. The Hall–Kier alpha value is -1.39. The van der Waals surface area contributed by atoms with Crippen molar-refractivity contribution in [3.63, 3.8) is 0 Å². The van der Waals surface area contributed by atoms with Gasteiger partial charge in [-0.05, 0) is 17.0 Å². The second-order valence-electron chi connectivity index (χ2n) is 5.47. The molecule has 0 saturated carbocycles. The van der Waals surface area contributed by atoms with Crippen LogP contribution in [0.25, 0.3) is 0 Å². The molecule has 0 aliphatic heterocycles. The van der Waals surface area contributed by atoms with E-state index in [1.807, 2.05) is 23.6 Å². The summed E-state index contributed by atoms with van der Waals surface area (Å²) in [5.74, 6) is 0.928. The molecule has 0 radical (unpaired) electrons. The van der Waals surface area contributed by atoms with Crippen LogP contribution >= 0.6 is 11.3 Å². The van der Waals surface area contributed by atoms with E-state index in [0.29, 0.717) is 13.2 Å². The maximum Gasteiger partial charge on any atom is 0.131 e. The molecule has 19 heavy (non-hydrogen) atoms. The highest BCUT2D eigenvalue weighted by atomic mass is 32.1. The first-order chi connectivity index (χ1) is 9.00. The number of para-hydroxylation sites is 1. The lowest BCUT2D eigenvalue weighted by molar-refractivity contribution is 0.293. The third-order valence-electron chi connectivity index (χ3n) is 2.84. The fourth-order valence-electron chi connectivity index (χ4n) is 1.87. The first kappa shape index (κ1) is 14.0. The molecular formula is C15H20N2OS. The van der Waals surface area contributed by atoms with Crippen LogP contribution < -0.4 is 10.5 Å². The smallest absolute Gasteiger partial charge is 0.131 e. The molecule has 0 saturated heterocycles. The molecule has 0 amide bonds. The van der Waals surface area contributed by atoms with Crippen LogP contribution in [0.5, 0.6) is 5.75 Å². The molecule has 0 aliphatic carbocycles. The number of nitrogens with zero attached hydrogens (tertiary/aromatic N) is 1. The molecule has 2 rings (SSSR count). The monoisotopic (exact) mass is 276 g/mol. The van der Waals surface area contributed by atoms with Gasteiger partial charge in [0.15, 0.2) is 0 Å². The lowest BCUT2D eigenvalue weighted by atomic mass is 9.86. The molecule has 1 heterocycles. The van der Waals surface area contributed by atoms with E-state index in [1.165, 1.54) is 5.56 Å². The largest absolute Gasteiger partial charge is 0.487 e. The Morgan fingerprint density at radius 2 is 2.00 bits per heavy atom. The summed E-state index contributed by atoms with van der Waals surface area (Å²) in [5, 5.41) is 2.95. The van der Waals surface area contributed by atoms with Crippen LogP contribution in [0.15, 0.2) is 29.6 Å². The van der Waals surface area contributed by atoms with E-state index < -0.39 is 0 Å². The second-order valence-corrected chi connectivity index (χ2v) is 6.41. The van der Waals surface area contributed by atoms with E-state index in [-0.39, 0.29) is 5.41 Å². The van der Waals surface area contributed by atoms with Gasteiger partial charge in [0.2, 0.25) is 0 Å². The van der Waals surface area contributed by atoms with Crippen molar-refractivity contribution in [2.75, 3.05) is 0 Å². The van der Waals surface area contributed by atoms with Gasteiger partial charge < -0.3 is 10.5 Å².